The van der Waals surface area contributed by atoms with E-state index in [1.165, 1.54) is 11.3 Å². The van der Waals surface area contributed by atoms with Crippen LogP contribution in [0.15, 0.2) is 10.4 Å². The first-order chi connectivity index (χ1) is 11.6. The number of nitrogens with zero attached hydrogens (tertiary/aromatic N) is 4. The maximum atomic E-state index is 4.62. The highest BCUT2D eigenvalue weighted by atomic mass is 127. The Bertz CT molecular complexity index is 691. The van der Waals surface area contributed by atoms with Gasteiger partial charge in [0.05, 0.1) is 10.7 Å². The van der Waals surface area contributed by atoms with Crippen molar-refractivity contribution in [2.24, 2.45) is 12.0 Å². The Morgan fingerprint density at radius 1 is 1.28 bits per heavy atom. The summed E-state index contributed by atoms with van der Waals surface area (Å²) in [5, 5.41) is 14.6. The van der Waals surface area contributed by atoms with Crippen LogP contribution in [0.5, 0.6) is 0 Å². The molecule has 0 spiro atoms. The molecule has 6 nitrogen and oxygen atoms in total. The van der Waals surface area contributed by atoms with Gasteiger partial charge in [-0.3, -0.25) is 9.67 Å². The number of thiazole rings is 1. The Kier molecular flexibility index (Phi) is 9.41. The van der Waals surface area contributed by atoms with Crippen molar-refractivity contribution in [1.82, 2.24) is 25.4 Å². The van der Waals surface area contributed by atoms with Crippen LogP contribution in [0.3, 0.4) is 0 Å². The Balaban J connectivity index is 0.00000312. The first-order valence-corrected chi connectivity index (χ1v) is 9.36. The summed E-state index contributed by atoms with van der Waals surface area (Å²) >= 11 is 1.71. The van der Waals surface area contributed by atoms with Crippen molar-refractivity contribution in [1.29, 1.82) is 0 Å². The van der Waals surface area contributed by atoms with E-state index in [0.717, 1.165) is 54.7 Å². The smallest absolute Gasteiger partial charge is 0.191 e. The quantitative estimate of drug-likeness (QED) is 0.367. The fraction of sp³-hybridized carbons (Fsp3) is 0.588. The van der Waals surface area contributed by atoms with Crippen molar-refractivity contribution in [3.8, 4) is 0 Å². The van der Waals surface area contributed by atoms with Gasteiger partial charge in [0.2, 0.25) is 0 Å². The van der Waals surface area contributed by atoms with E-state index >= 15 is 0 Å². The number of hydrogen-bond donors (Lipinski definition) is 2. The maximum Gasteiger partial charge on any atom is 0.191 e. The van der Waals surface area contributed by atoms with Crippen molar-refractivity contribution < 1.29 is 0 Å². The van der Waals surface area contributed by atoms with Crippen LogP contribution in [0.1, 0.15) is 41.5 Å². The zero-order valence-corrected chi connectivity index (χ0v) is 18.9. The molecule has 0 bridgehead atoms. The lowest BCUT2D eigenvalue weighted by molar-refractivity contribution is 0.702. The van der Waals surface area contributed by atoms with Gasteiger partial charge >= 0.3 is 0 Å². The molecule has 0 unspecified atom stereocenters. The molecule has 0 fully saturated rings. The first-order valence-electron chi connectivity index (χ1n) is 8.48. The second-order valence-corrected chi connectivity index (χ2v) is 6.63. The number of aryl methyl sites for hydroxylation is 3. The molecule has 8 heteroatoms. The number of nitrogens with one attached hydrogen (secondary N) is 2. The standard InChI is InChI=1S/C17H28N6S.HI/c1-6-14-13(15(7-2)23(5)22-14)10-20-17(18-4)19-9-8-16-21-12(3)11-24-16;/h11H,6-10H2,1-5H3,(H2,18,19,20);1H. The van der Waals surface area contributed by atoms with E-state index in [-0.39, 0.29) is 24.0 Å². The Hall–Kier alpha value is -1.16. The summed E-state index contributed by atoms with van der Waals surface area (Å²) in [6.45, 7) is 7.91. The third-order valence-electron chi connectivity index (χ3n) is 3.98. The van der Waals surface area contributed by atoms with Crippen LogP contribution in [-0.4, -0.2) is 34.3 Å². The lowest BCUT2D eigenvalue weighted by Crippen LogP contribution is -2.38. The van der Waals surface area contributed by atoms with E-state index in [2.05, 4.69) is 44.9 Å². The molecule has 2 aromatic heterocycles. The average molecular weight is 476 g/mol. The van der Waals surface area contributed by atoms with Gasteiger partial charge in [-0.1, -0.05) is 13.8 Å². The lowest BCUT2D eigenvalue weighted by atomic mass is 10.1. The number of guanidine groups is 1. The van der Waals surface area contributed by atoms with Crippen molar-refractivity contribution >= 4 is 41.3 Å². The average Bonchev–Trinajstić information content (AvgIpc) is 3.13. The fourth-order valence-electron chi connectivity index (χ4n) is 2.79. The summed E-state index contributed by atoms with van der Waals surface area (Å²) in [7, 11) is 3.82. The summed E-state index contributed by atoms with van der Waals surface area (Å²) in [5.41, 5.74) is 4.83. The third kappa shape index (κ3) is 5.95. The van der Waals surface area contributed by atoms with Crippen LogP contribution in [0.25, 0.3) is 0 Å². The summed E-state index contributed by atoms with van der Waals surface area (Å²) in [6, 6.07) is 0. The first kappa shape index (κ1) is 21.9. The van der Waals surface area contributed by atoms with E-state index in [1.807, 2.05) is 18.7 Å². The summed E-state index contributed by atoms with van der Waals surface area (Å²) in [4.78, 5) is 8.79. The molecular weight excluding hydrogens is 447 g/mol. The Morgan fingerprint density at radius 2 is 2.04 bits per heavy atom. The third-order valence-corrected chi connectivity index (χ3v) is 5.01. The molecule has 0 aliphatic rings. The van der Waals surface area contributed by atoms with Crippen LogP contribution >= 0.6 is 35.3 Å². The van der Waals surface area contributed by atoms with Crippen LogP contribution in [-0.2, 0) is 32.9 Å². The van der Waals surface area contributed by atoms with E-state index in [0.29, 0.717) is 0 Å². The molecule has 0 amide bonds. The minimum Gasteiger partial charge on any atom is -0.356 e. The zero-order valence-electron chi connectivity index (χ0n) is 15.7. The molecule has 0 aliphatic heterocycles. The predicted molar refractivity (Wildman–Crippen MR) is 116 cm³/mol. The van der Waals surface area contributed by atoms with Crippen LogP contribution in [0, 0.1) is 6.92 Å². The molecular formula is C17H29IN6S. The molecule has 0 atom stereocenters. The van der Waals surface area contributed by atoms with Gasteiger partial charge in [0.15, 0.2) is 5.96 Å². The molecule has 0 saturated carbocycles. The van der Waals surface area contributed by atoms with Crippen molar-refractivity contribution in [3.63, 3.8) is 0 Å². The molecule has 2 N–H and O–H groups in total. The molecule has 0 radical (unpaired) electrons. The van der Waals surface area contributed by atoms with Crippen molar-refractivity contribution in [2.75, 3.05) is 13.6 Å². The summed E-state index contributed by atoms with van der Waals surface area (Å²) in [5.74, 6) is 0.816. The second-order valence-electron chi connectivity index (χ2n) is 5.69. The Morgan fingerprint density at radius 3 is 2.60 bits per heavy atom. The van der Waals surface area contributed by atoms with Gasteiger partial charge < -0.3 is 10.6 Å². The second kappa shape index (κ2) is 10.7. The number of hydrogen-bond acceptors (Lipinski definition) is 4. The monoisotopic (exact) mass is 476 g/mol. The molecule has 2 aromatic rings. The maximum absolute atomic E-state index is 4.62. The van der Waals surface area contributed by atoms with Crippen LogP contribution in [0.2, 0.25) is 0 Å². The molecule has 25 heavy (non-hydrogen) atoms. The molecule has 0 aromatic carbocycles. The van der Waals surface area contributed by atoms with Crippen LogP contribution in [0.4, 0.5) is 0 Å². The van der Waals surface area contributed by atoms with Crippen LogP contribution < -0.4 is 10.6 Å². The molecule has 0 aliphatic carbocycles. The fourth-order valence-corrected chi connectivity index (χ4v) is 3.57. The number of aliphatic imine (C=N–C) groups is 1. The normalized spacial score (nSPS) is 11.3. The van der Waals surface area contributed by atoms with Gasteiger partial charge in [0, 0.05) is 55.9 Å². The summed E-state index contributed by atoms with van der Waals surface area (Å²) in [6.07, 6.45) is 2.84. The molecule has 0 saturated heterocycles. The van der Waals surface area contributed by atoms with Gasteiger partial charge in [-0.05, 0) is 19.8 Å². The zero-order chi connectivity index (χ0) is 17.5. The predicted octanol–water partition coefficient (Wildman–Crippen LogP) is 2.84. The van der Waals surface area contributed by atoms with E-state index in [4.69, 9.17) is 0 Å². The van der Waals surface area contributed by atoms with Gasteiger partial charge in [-0.2, -0.15) is 5.10 Å². The molecule has 140 valence electrons. The minimum atomic E-state index is 0. The highest BCUT2D eigenvalue weighted by molar-refractivity contribution is 14.0. The Labute approximate surface area is 171 Å². The van der Waals surface area contributed by atoms with Crippen molar-refractivity contribution in [3.05, 3.63) is 33.0 Å². The largest absolute Gasteiger partial charge is 0.356 e. The van der Waals surface area contributed by atoms with Gasteiger partial charge in [0.25, 0.3) is 0 Å². The summed E-state index contributed by atoms with van der Waals surface area (Å²) < 4.78 is 2.00. The highest BCUT2D eigenvalue weighted by Crippen LogP contribution is 2.15. The number of aromatic nitrogens is 3. The highest BCUT2D eigenvalue weighted by Gasteiger charge is 2.13. The lowest BCUT2D eigenvalue weighted by Gasteiger charge is -2.12. The topological polar surface area (TPSA) is 67.1 Å². The molecule has 2 rings (SSSR count). The van der Waals surface area contributed by atoms with Gasteiger partial charge in [0.1, 0.15) is 0 Å². The minimum absolute atomic E-state index is 0. The van der Waals surface area contributed by atoms with Gasteiger partial charge in [-0.25, -0.2) is 4.98 Å². The van der Waals surface area contributed by atoms with E-state index < -0.39 is 0 Å². The number of halogens is 1. The van der Waals surface area contributed by atoms with E-state index in [1.54, 1.807) is 18.4 Å². The SMILES string of the molecule is CCc1nn(C)c(CC)c1CNC(=NC)NCCc1nc(C)cs1.I. The number of rotatable bonds is 7. The van der Waals surface area contributed by atoms with Gasteiger partial charge in [-0.15, -0.1) is 35.3 Å². The van der Waals surface area contributed by atoms with E-state index in [9.17, 15) is 0 Å². The van der Waals surface area contributed by atoms with Crippen molar-refractivity contribution in [2.45, 2.75) is 46.6 Å². The molecule has 2 heterocycles.